The van der Waals surface area contributed by atoms with Crippen LogP contribution in [0.3, 0.4) is 0 Å². The van der Waals surface area contributed by atoms with Gasteiger partial charge >= 0.3 is 10.4 Å². The largest absolute Gasteiger partial charge is 0.400 e. The summed E-state index contributed by atoms with van der Waals surface area (Å²) in [6, 6.07) is 0. The van der Waals surface area contributed by atoms with Crippen molar-refractivity contribution in [1.29, 1.82) is 0 Å². The normalized spacial score (nSPS) is 44.0. The molecule has 0 bridgehead atoms. The number of hydrogen-bond donors (Lipinski definition) is 0. The van der Waals surface area contributed by atoms with Gasteiger partial charge in [0.1, 0.15) is 11.7 Å². The van der Waals surface area contributed by atoms with Crippen molar-refractivity contribution in [1.82, 2.24) is 0 Å². The van der Waals surface area contributed by atoms with Gasteiger partial charge in [-0.05, 0) is 6.42 Å². The first-order valence-corrected chi connectivity index (χ1v) is 10.4. The molecule has 3 atom stereocenters. The van der Waals surface area contributed by atoms with Crippen molar-refractivity contribution in [3.8, 4) is 0 Å². The summed E-state index contributed by atoms with van der Waals surface area (Å²) in [5.74, 6) is -1.65. The Bertz CT molecular complexity index is 734. The van der Waals surface area contributed by atoms with Gasteiger partial charge in [-0.3, -0.25) is 8.37 Å². The third-order valence-electron chi connectivity index (χ3n) is 3.57. The van der Waals surface area contributed by atoms with E-state index in [1.165, 1.54) is 0 Å². The molecule has 0 saturated carbocycles. The van der Waals surface area contributed by atoms with E-state index in [1.54, 1.807) is 0 Å². The van der Waals surface area contributed by atoms with Gasteiger partial charge in [0.25, 0.3) is 20.2 Å². The SMILES string of the molecule is O=S1(=O)CCC2(CO1)OS(=O)(=O)OC2C1COS(=O)(=O)C1. The maximum atomic E-state index is 11.6. The lowest BCUT2D eigenvalue weighted by molar-refractivity contribution is -0.0382. The summed E-state index contributed by atoms with van der Waals surface area (Å²) in [6.45, 7) is -0.795. The fourth-order valence-corrected chi connectivity index (χ4v) is 6.25. The minimum Gasteiger partial charge on any atom is -0.270 e. The van der Waals surface area contributed by atoms with Crippen molar-refractivity contribution in [3.63, 3.8) is 0 Å². The second-order valence-corrected chi connectivity index (χ2v) is 9.74. The van der Waals surface area contributed by atoms with Crippen molar-refractivity contribution in [2.45, 2.75) is 18.1 Å². The van der Waals surface area contributed by atoms with Crippen LogP contribution in [0, 0.1) is 5.92 Å². The maximum Gasteiger partial charge on any atom is 0.400 e. The first-order chi connectivity index (χ1) is 9.53. The molecule has 21 heavy (non-hydrogen) atoms. The molecule has 0 N–H and O–H groups in total. The van der Waals surface area contributed by atoms with Crippen LogP contribution >= 0.6 is 0 Å². The highest BCUT2D eigenvalue weighted by Gasteiger charge is 2.60. The highest BCUT2D eigenvalue weighted by Crippen LogP contribution is 2.42. The predicted molar refractivity (Wildman–Crippen MR) is 65.2 cm³/mol. The smallest absolute Gasteiger partial charge is 0.270 e. The van der Waals surface area contributed by atoms with Gasteiger partial charge in [-0.15, -0.1) is 0 Å². The van der Waals surface area contributed by atoms with E-state index >= 15 is 0 Å². The van der Waals surface area contributed by atoms with Crippen LogP contribution in [0.15, 0.2) is 0 Å². The summed E-state index contributed by atoms with van der Waals surface area (Å²) >= 11 is 0. The molecular weight excluding hydrogens is 352 g/mol. The minimum absolute atomic E-state index is 0.171. The third-order valence-corrected chi connectivity index (χ3v) is 7.07. The van der Waals surface area contributed by atoms with E-state index < -0.39 is 66.4 Å². The van der Waals surface area contributed by atoms with Gasteiger partial charge < -0.3 is 0 Å². The van der Waals surface area contributed by atoms with Crippen LogP contribution in [0.5, 0.6) is 0 Å². The van der Waals surface area contributed by atoms with Crippen molar-refractivity contribution < 1.29 is 42.0 Å². The number of hydrogen-bond acceptors (Lipinski definition) is 10. The van der Waals surface area contributed by atoms with Gasteiger partial charge in [0.2, 0.25) is 0 Å². The van der Waals surface area contributed by atoms with Crippen LogP contribution in [0.25, 0.3) is 0 Å². The summed E-state index contributed by atoms with van der Waals surface area (Å²) in [6.07, 6.45) is -1.34. The van der Waals surface area contributed by atoms with Gasteiger partial charge in [0.15, 0.2) is 0 Å². The average Bonchev–Trinajstić information content (AvgIpc) is 2.81. The quantitative estimate of drug-likeness (QED) is 0.485. The van der Waals surface area contributed by atoms with E-state index in [4.69, 9.17) is 8.37 Å². The van der Waals surface area contributed by atoms with Crippen LogP contribution in [0.2, 0.25) is 0 Å². The Hall–Kier alpha value is -0.310. The first-order valence-electron chi connectivity index (χ1n) is 5.91. The number of rotatable bonds is 1. The highest BCUT2D eigenvalue weighted by molar-refractivity contribution is 7.87. The van der Waals surface area contributed by atoms with Crippen molar-refractivity contribution >= 4 is 30.6 Å². The van der Waals surface area contributed by atoms with Crippen LogP contribution < -0.4 is 0 Å². The maximum absolute atomic E-state index is 11.6. The zero-order valence-electron chi connectivity index (χ0n) is 10.5. The molecule has 13 heteroatoms. The second kappa shape index (κ2) is 4.59. The molecule has 0 radical (unpaired) electrons. The topological polar surface area (TPSA) is 139 Å². The Morgan fingerprint density at radius 2 is 1.67 bits per heavy atom. The monoisotopic (exact) mass is 364 g/mol. The van der Waals surface area contributed by atoms with Gasteiger partial charge in [-0.1, -0.05) is 0 Å². The summed E-state index contributed by atoms with van der Waals surface area (Å²) in [5, 5.41) is 0. The Morgan fingerprint density at radius 1 is 0.952 bits per heavy atom. The van der Waals surface area contributed by atoms with E-state index in [0.717, 1.165) is 0 Å². The van der Waals surface area contributed by atoms with Crippen LogP contribution in [-0.2, 0) is 47.4 Å². The van der Waals surface area contributed by atoms with Gasteiger partial charge in [0, 0.05) is 5.92 Å². The van der Waals surface area contributed by atoms with Crippen molar-refractivity contribution in [2.24, 2.45) is 5.92 Å². The standard InChI is InChI=1S/C8H12O10S3/c9-19(10)2-1-8(5-16-19)7(17-21(13,14)18-8)6-3-15-20(11,12)4-6/h6-7H,1-5H2. The first kappa shape index (κ1) is 15.6. The van der Waals surface area contributed by atoms with Crippen molar-refractivity contribution in [3.05, 3.63) is 0 Å². The molecule has 3 rings (SSSR count). The van der Waals surface area contributed by atoms with Gasteiger partial charge in [-0.25, -0.2) is 8.37 Å². The van der Waals surface area contributed by atoms with Crippen LogP contribution in [0.1, 0.15) is 6.42 Å². The summed E-state index contributed by atoms with van der Waals surface area (Å²) < 4.78 is 87.3. The molecule has 3 fully saturated rings. The van der Waals surface area contributed by atoms with Crippen LogP contribution in [0.4, 0.5) is 0 Å². The molecule has 3 aliphatic heterocycles. The molecule has 0 amide bonds. The summed E-state index contributed by atoms with van der Waals surface area (Å²) in [7, 11) is -11.8. The van der Waals surface area contributed by atoms with E-state index in [1.807, 2.05) is 0 Å². The molecule has 0 aliphatic carbocycles. The lowest BCUT2D eigenvalue weighted by atomic mass is 9.86. The molecule has 3 aliphatic rings. The molecule has 3 heterocycles. The van der Waals surface area contributed by atoms with Crippen molar-refractivity contribution in [2.75, 3.05) is 24.7 Å². The Kier molecular flexibility index (Phi) is 3.41. The fraction of sp³-hybridized carbons (Fsp3) is 1.00. The van der Waals surface area contributed by atoms with E-state index in [-0.39, 0.29) is 13.0 Å². The molecule has 122 valence electrons. The molecule has 0 aromatic heterocycles. The highest BCUT2D eigenvalue weighted by atomic mass is 32.3. The minimum atomic E-state index is -4.34. The third kappa shape index (κ3) is 2.95. The second-order valence-electron chi connectivity index (χ2n) is 5.12. The lowest BCUT2D eigenvalue weighted by Gasteiger charge is -2.34. The zero-order valence-corrected chi connectivity index (χ0v) is 12.9. The molecule has 10 nitrogen and oxygen atoms in total. The molecule has 3 unspecified atom stereocenters. The molecule has 3 saturated heterocycles. The summed E-state index contributed by atoms with van der Waals surface area (Å²) in [5.41, 5.74) is -1.54. The van der Waals surface area contributed by atoms with Gasteiger partial charge in [-0.2, -0.15) is 25.3 Å². The van der Waals surface area contributed by atoms with E-state index in [2.05, 4.69) is 8.37 Å². The lowest BCUT2D eigenvalue weighted by Crippen LogP contribution is -2.53. The Labute approximate surface area is 121 Å². The molecule has 1 spiro atoms. The average molecular weight is 364 g/mol. The molecule has 0 aromatic carbocycles. The predicted octanol–water partition coefficient (Wildman–Crippen LogP) is -1.89. The van der Waals surface area contributed by atoms with Gasteiger partial charge in [0.05, 0.1) is 24.7 Å². The fourth-order valence-electron chi connectivity index (χ4n) is 2.63. The molecule has 0 aromatic rings. The summed E-state index contributed by atoms with van der Waals surface area (Å²) in [4.78, 5) is 0. The van der Waals surface area contributed by atoms with E-state index in [9.17, 15) is 25.3 Å². The van der Waals surface area contributed by atoms with Crippen LogP contribution in [-0.4, -0.2) is 61.7 Å². The van der Waals surface area contributed by atoms with E-state index in [0.29, 0.717) is 0 Å². The zero-order chi connectivity index (χ0) is 15.5. The Morgan fingerprint density at radius 3 is 2.19 bits per heavy atom. The Balaban J connectivity index is 1.91. The molecular formula is C8H12O10S3.